The minimum Gasteiger partial charge on any atom is -0.493 e. The average molecular weight is 256 g/mol. The van der Waals surface area contributed by atoms with Gasteiger partial charge in [0.25, 0.3) is 0 Å². The second kappa shape index (κ2) is 8.37. The monoisotopic (exact) mass is 255 g/mol. The molecule has 0 bridgehead atoms. The van der Waals surface area contributed by atoms with Crippen LogP contribution in [0.2, 0.25) is 5.02 Å². The summed E-state index contributed by atoms with van der Waals surface area (Å²) in [6, 6.07) is 7.55. The predicted molar refractivity (Wildman–Crippen MR) is 74.0 cm³/mol. The summed E-state index contributed by atoms with van der Waals surface area (Å²) in [4.78, 5) is 2.35. The molecule has 3 heteroatoms. The maximum Gasteiger partial charge on any atom is 0.120 e. The van der Waals surface area contributed by atoms with Crippen molar-refractivity contribution < 1.29 is 4.74 Å². The number of unbranched alkanes of at least 4 members (excludes halogenated alkanes) is 1. The van der Waals surface area contributed by atoms with Gasteiger partial charge in [-0.05, 0) is 44.6 Å². The molecule has 0 N–H and O–H groups in total. The number of rotatable bonds is 8. The zero-order valence-electron chi connectivity index (χ0n) is 10.8. The van der Waals surface area contributed by atoms with Crippen LogP contribution in [-0.2, 0) is 0 Å². The van der Waals surface area contributed by atoms with E-state index in [9.17, 15) is 0 Å². The molecule has 0 atom stereocenters. The highest BCUT2D eigenvalue weighted by Gasteiger charge is 1.98. The maximum absolute atomic E-state index is 5.88. The molecule has 0 heterocycles. The molecule has 0 aromatic heterocycles. The van der Waals surface area contributed by atoms with Crippen molar-refractivity contribution in [3.8, 4) is 5.75 Å². The van der Waals surface area contributed by atoms with E-state index in [0.29, 0.717) is 0 Å². The number of nitrogens with zero attached hydrogens (tertiary/aromatic N) is 1. The van der Waals surface area contributed by atoms with Gasteiger partial charge >= 0.3 is 0 Å². The molecule has 0 saturated heterocycles. The van der Waals surface area contributed by atoms with Gasteiger partial charge in [0.1, 0.15) is 5.75 Å². The second-order valence-corrected chi connectivity index (χ2v) is 4.75. The van der Waals surface area contributed by atoms with E-state index in [0.717, 1.165) is 30.3 Å². The van der Waals surface area contributed by atoms with E-state index < -0.39 is 0 Å². The summed E-state index contributed by atoms with van der Waals surface area (Å²) in [7, 11) is 2.16. The largest absolute Gasteiger partial charge is 0.493 e. The van der Waals surface area contributed by atoms with Gasteiger partial charge in [0.05, 0.1) is 6.61 Å². The smallest absolute Gasteiger partial charge is 0.120 e. The zero-order chi connectivity index (χ0) is 12.5. The molecular weight excluding hydrogens is 234 g/mol. The van der Waals surface area contributed by atoms with E-state index in [4.69, 9.17) is 16.3 Å². The number of halogens is 1. The summed E-state index contributed by atoms with van der Waals surface area (Å²) < 4.78 is 5.63. The van der Waals surface area contributed by atoms with Crippen molar-refractivity contribution >= 4 is 11.6 Å². The first-order valence-electron chi connectivity index (χ1n) is 6.29. The molecule has 0 spiro atoms. The van der Waals surface area contributed by atoms with Crippen LogP contribution < -0.4 is 4.74 Å². The molecule has 1 rings (SSSR count). The molecule has 0 aliphatic rings. The zero-order valence-corrected chi connectivity index (χ0v) is 11.5. The Hall–Kier alpha value is -0.730. The molecule has 0 fully saturated rings. The second-order valence-electron chi connectivity index (χ2n) is 4.32. The van der Waals surface area contributed by atoms with Crippen molar-refractivity contribution in [3.63, 3.8) is 0 Å². The van der Waals surface area contributed by atoms with Crippen LogP contribution in [0.1, 0.15) is 26.2 Å². The Labute approximate surface area is 110 Å². The van der Waals surface area contributed by atoms with Gasteiger partial charge in [-0.1, -0.05) is 31.0 Å². The van der Waals surface area contributed by atoms with Crippen LogP contribution in [0.5, 0.6) is 5.75 Å². The van der Waals surface area contributed by atoms with Gasteiger partial charge < -0.3 is 9.64 Å². The van der Waals surface area contributed by atoms with Crippen molar-refractivity contribution in [2.45, 2.75) is 26.2 Å². The minimum atomic E-state index is 0.725. The van der Waals surface area contributed by atoms with E-state index in [-0.39, 0.29) is 0 Å². The number of ether oxygens (including phenoxy) is 1. The fourth-order valence-electron chi connectivity index (χ4n) is 1.62. The third kappa shape index (κ3) is 6.54. The average Bonchev–Trinajstić information content (AvgIpc) is 2.32. The molecule has 0 aliphatic heterocycles. The van der Waals surface area contributed by atoms with Crippen LogP contribution >= 0.6 is 11.6 Å². The Kier molecular flexibility index (Phi) is 7.06. The topological polar surface area (TPSA) is 12.5 Å². The van der Waals surface area contributed by atoms with Gasteiger partial charge in [0, 0.05) is 11.6 Å². The Balaban J connectivity index is 2.11. The van der Waals surface area contributed by atoms with Gasteiger partial charge in [0.2, 0.25) is 0 Å². The summed E-state index contributed by atoms with van der Waals surface area (Å²) in [5.74, 6) is 0.855. The lowest BCUT2D eigenvalue weighted by atomic mass is 10.3. The van der Waals surface area contributed by atoms with Crippen molar-refractivity contribution in [2.75, 3.05) is 26.7 Å². The quantitative estimate of drug-likeness (QED) is 0.655. The fourth-order valence-corrected chi connectivity index (χ4v) is 1.80. The van der Waals surface area contributed by atoms with Crippen molar-refractivity contribution in [1.29, 1.82) is 0 Å². The third-order valence-corrected chi connectivity index (χ3v) is 2.88. The van der Waals surface area contributed by atoms with Crippen LogP contribution in [0.15, 0.2) is 24.3 Å². The van der Waals surface area contributed by atoms with Crippen LogP contribution in [0, 0.1) is 0 Å². The van der Waals surface area contributed by atoms with Crippen molar-refractivity contribution in [2.24, 2.45) is 0 Å². The molecule has 0 unspecified atom stereocenters. The molecule has 17 heavy (non-hydrogen) atoms. The molecule has 0 radical (unpaired) electrons. The third-order valence-electron chi connectivity index (χ3n) is 2.64. The molecule has 1 aromatic rings. The van der Waals surface area contributed by atoms with Gasteiger partial charge in [-0.25, -0.2) is 0 Å². The van der Waals surface area contributed by atoms with Crippen LogP contribution in [0.4, 0.5) is 0 Å². The normalized spacial score (nSPS) is 10.8. The molecule has 0 saturated carbocycles. The lowest BCUT2D eigenvalue weighted by Crippen LogP contribution is -2.22. The van der Waals surface area contributed by atoms with Gasteiger partial charge in [-0.2, -0.15) is 0 Å². The van der Waals surface area contributed by atoms with E-state index in [2.05, 4.69) is 18.9 Å². The summed E-state index contributed by atoms with van der Waals surface area (Å²) in [6.07, 6.45) is 3.57. The molecule has 96 valence electrons. The van der Waals surface area contributed by atoms with E-state index >= 15 is 0 Å². The highest BCUT2D eigenvalue weighted by atomic mass is 35.5. The predicted octanol–water partition coefficient (Wildman–Crippen LogP) is 3.84. The Bertz CT molecular complexity index is 317. The van der Waals surface area contributed by atoms with Gasteiger partial charge in [0.15, 0.2) is 0 Å². The first-order valence-corrected chi connectivity index (χ1v) is 6.67. The van der Waals surface area contributed by atoms with E-state index in [1.807, 2.05) is 24.3 Å². The summed E-state index contributed by atoms with van der Waals surface area (Å²) in [5.41, 5.74) is 0. The van der Waals surface area contributed by atoms with Crippen molar-refractivity contribution in [3.05, 3.63) is 29.3 Å². The summed E-state index contributed by atoms with van der Waals surface area (Å²) >= 11 is 5.88. The first kappa shape index (κ1) is 14.3. The van der Waals surface area contributed by atoms with E-state index in [1.165, 1.54) is 19.4 Å². The molecule has 1 aromatic carbocycles. The lowest BCUT2D eigenvalue weighted by molar-refractivity contribution is 0.261. The summed E-state index contributed by atoms with van der Waals surface area (Å²) in [6.45, 7) is 5.22. The Morgan fingerprint density at radius 3 is 2.71 bits per heavy atom. The highest BCUT2D eigenvalue weighted by Crippen LogP contribution is 2.17. The number of hydrogen-bond acceptors (Lipinski definition) is 2. The standard InChI is InChI=1S/C14H22ClNO/c1-3-4-9-16(2)10-6-11-17-14-8-5-7-13(15)12-14/h5,7-8,12H,3-4,6,9-11H2,1-2H3. The highest BCUT2D eigenvalue weighted by molar-refractivity contribution is 6.30. The Morgan fingerprint density at radius 1 is 1.24 bits per heavy atom. The fraction of sp³-hybridized carbons (Fsp3) is 0.571. The molecule has 0 amide bonds. The summed E-state index contributed by atoms with van der Waals surface area (Å²) in [5, 5.41) is 0.725. The lowest BCUT2D eigenvalue weighted by Gasteiger charge is -2.16. The van der Waals surface area contributed by atoms with Crippen molar-refractivity contribution in [1.82, 2.24) is 4.90 Å². The van der Waals surface area contributed by atoms with Crippen LogP contribution in [0.25, 0.3) is 0 Å². The van der Waals surface area contributed by atoms with Crippen LogP contribution in [-0.4, -0.2) is 31.6 Å². The number of benzene rings is 1. The maximum atomic E-state index is 5.88. The van der Waals surface area contributed by atoms with Crippen LogP contribution in [0.3, 0.4) is 0 Å². The first-order chi connectivity index (χ1) is 8.22. The molecule has 2 nitrogen and oxygen atoms in total. The Morgan fingerprint density at radius 2 is 2.00 bits per heavy atom. The van der Waals surface area contributed by atoms with E-state index in [1.54, 1.807) is 0 Å². The van der Waals surface area contributed by atoms with Gasteiger partial charge in [-0.15, -0.1) is 0 Å². The van der Waals surface area contributed by atoms with Gasteiger partial charge in [-0.3, -0.25) is 0 Å². The SMILES string of the molecule is CCCCN(C)CCCOc1cccc(Cl)c1. The number of hydrogen-bond donors (Lipinski definition) is 0. The molecule has 0 aliphatic carbocycles. The molecular formula is C14H22ClNO. The minimum absolute atomic E-state index is 0.725.